The van der Waals surface area contributed by atoms with Crippen LogP contribution in [0.25, 0.3) is 6.08 Å². The van der Waals surface area contributed by atoms with Gasteiger partial charge < -0.3 is 84.6 Å². The molecule has 6 atom stereocenters. The van der Waals surface area contributed by atoms with E-state index in [1.165, 1.54) is 25.5 Å². The summed E-state index contributed by atoms with van der Waals surface area (Å²) in [6.45, 7) is 20.2. The van der Waals surface area contributed by atoms with Crippen molar-refractivity contribution in [3.05, 3.63) is 78.7 Å². The zero-order valence-corrected chi connectivity index (χ0v) is 41.8. The minimum atomic E-state index is -1.91. The third kappa shape index (κ3) is 35.0. The van der Waals surface area contributed by atoms with Gasteiger partial charge in [-0.15, -0.1) is 0 Å². The molecule has 0 spiro atoms. The molecule has 10 heterocycles. The molecule has 7 fully saturated rings. The standard InChI is InChI=1S/C6H8O3.C5H9FO2.C5H8O3.C5H4O3.C5H6O2.2C4H5FO3.C4H6O3.C4H4O3.C4H4O2.CH4/c1-2-5-3-4-8-6(7)9-5;1-4-7-2-5(6)3-8-4;2*1-2-4-3-7-5(6)8-4;6-5-3-1-2-4-7-5;1-4(5)2-7-3(6)8-4;1-2-3(5)8-4(6)7-2;2*1-3-2-6-4(5)7-3;5-4-2-1-3-6-4;/h2,5H,1,3-4H2;4-5H,2-3H2,1H3;4H,2-3H2,1H3;2-3H,1H2;1-2H,3-4H2;2H2,1H3;2-3H,1H3;3H,2H2,1H3;1-2H2;1,3H,2H2;1H4. The summed E-state index contributed by atoms with van der Waals surface area (Å²) in [5.41, 5.74) is 0. The minimum absolute atomic E-state index is 0. The molecule has 0 bridgehead atoms. The second-order valence-corrected chi connectivity index (χ2v) is 14.9. The highest BCUT2D eigenvalue weighted by Crippen LogP contribution is 2.20. The molecule has 1 aromatic heterocycles. The molecule has 9 aliphatic rings. The van der Waals surface area contributed by atoms with E-state index >= 15 is 0 Å². The highest BCUT2D eigenvalue weighted by atomic mass is 19.2. The van der Waals surface area contributed by atoms with E-state index in [0.717, 1.165) is 19.8 Å². The number of rotatable bonds is 3. The summed E-state index contributed by atoms with van der Waals surface area (Å²) >= 11 is 0. The lowest BCUT2D eigenvalue weighted by Crippen LogP contribution is -2.30. The Hall–Kier alpha value is -8.02. The van der Waals surface area contributed by atoms with Crippen molar-refractivity contribution in [2.75, 3.05) is 52.9 Å². The van der Waals surface area contributed by atoms with Crippen LogP contribution in [-0.4, -0.2) is 151 Å². The zero-order chi connectivity index (χ0) is 57.1. The molecule has 27 nitrogen and oxygen atoms in total. The van der Waals surface area contributed by atoms with E-state index in [4.69, 9.17) is 9.47 Å². The normalized spacial score (nSPS) is 26.1. The predicted octanol–water partition coefficient (Wildman–Crippen LogP) is 8.08. The van der Waals surface area contributed by atoms with Gasteiger partial charge in [0.25, 0.3) is 12.2 Å². The molecule has 30 heteroatoms. The lowest BCUT2D eigenvalue weighted by molar-refractivity contribution is -0.192. The van der Waals surface area contributed by atoms with Crippen molar-refractivity contribution in [1.29, 1.82) is 0 Å². The van der Waals surface area contributed by atoms with Gasteiger partial charge in [0.1, 0.15) is 56.3 Å². The largest absolute Gasteiger partial charge is 0.519 e. The maximum Gasteiger partial charge on any atom is 0.519 e. The van der Waals surface area contributed by atoms with Crippen molar-refractivity contribution < 1.29 is 136 Å². The fraction of sp³-hybridized carbons (Fsp3) is 0.553. The number of esters is 2. The van der Waals surface area contributed by atoms with E-state index in [1.54, 1.807) is 26.0 Å². The van der Waals surface area contributed by atoms with E-state index < -0.39 is 67.2 Å². The van der Waals surface area contributed by atoms with Gasteiger partial charge >= 0.3 is 54.7 Å². The number of carbonyl (C=O) groups is 8. The van der Waals surface area contributed by atoms with E-state index in [-0.39, 0.29) is 70.4 Å². The van der Waals surface area contributed by atoms with Crippen molar-refractivity contribution in [2.45, 2.75) is 117 Å². The van der Waals surface area contributed by atoms with Crippen LogP contribution in [0.5, 0.6) is 0 Å². The smallest absolute Gasteiger partial charge is 0.461 e. The molecule has 434 valence electrons. The SMILES string of the molecule is C.C=C1COC(=O)O1.C=CC1CCOC(=O)O1.C=Cc1coc(=O)o1.CC1(F)COC(=O)O1.CC1COC(=O)O1.CC1OC(=O)OC1F.CC1OCC(F)CO1.CCC1COC(=O)O1.O=C1CC=CCO1.O=C1CC=CO1. The fourth-order valence-electron chi connectivity index (χ4n) is 4.46. The van der Waals surface area contributed by atoms with Gasteiger partial charge in [0, 0.05) is 13.3 Å². The lowest BCUT2D eigenvalue weighted by Gasteiger charge is -2.21. The maximum atomic E-state index is 12.3. The molecular weight excluding hydrogens is 1050 g/mol. The molecular formula is C47H63F3O27. The highest BCUT2D eigenvalue weighted by Gasteiger charge is 2.37. The van der Waals surface area contributed by atoms with Gasteiger partial charge in [0.05, 0.1) is 38.9 Å². The van der Waals surface area contributed by atoms with Crippen molar-refractivity contribution in [3.8, 4) is 0 Å². The summed E-state index contributed by atoms with van der Waals surface area (Å²) in [6, 6.07) is 0. The van der Waals surface area contributed by atoms with E-state index in [1.807, 2.05) is 19.1 Å². The molecule has 0 aromatic carbocycles. The van der Waals surface area contributed by atoms with Gasteiger partial charge in [-0.3, -0.25) is 9.59 Å². The predicted molar refractivity (Wildman–Crippen MR) is 250 cm³/mol. The molecule has 0 amide bonds. The van der Waals surface area contributed by atoms with Crippen LogP contribution in [0, 0.1) is 0 Å². The monoisotopic (exact) mass is 1120 g/mol. The van der Waals surface area contributed by atoms with Crippen LogP contribution in [0.1, 0.15) is 73.5 Å². The molecule has 1 aromatic rings. The number of cyclic esters (lactones) is 14. The number of hydrogen-bond acceptors (Lipinski definition) is 27. The third-order valence-electron chi connectivity index (χ3n) is 8.22. The average Bonchev–Trinajstić information content (AvgIpc) is 4.29. The van der Waals surface area contributed by atoms with E-state index in [9.17, 15) is 56.3 Å². The Morgan fingerprint density at radius 2 is 1.36 bits per heavy atom. The number of ether oxygens (including phenoxy) is 16. The zero-order valence-electron chi connectivity index (χ0n) is 41.8. The summed E-state index contributed by atoms with van der Waals surface area (Å²) in [4.78, 5) is 90.6. The van der Waals surface area contributed by atoms with Gasteiger partial charge in [0.15, 0.2) is 31.4 Å². The van der Waals surface area contributed by atoms with Crippen molar-refractivity contribution in [1.82, 2.24) is 0 Å². The summed E-state index contributed by atoms with van der Waals surface area (Å²) in [5, 5.41) is 0. The lowest BCUT2D eigenvalue weighted by atomic mass is 10.2. The summed E-state index contributed by atoms with van der Waals surface area (Å²) in [7, 11) is 0. The molecule has 6 unspecified atom stereocenters. The van der Waals surface area contributed by atoms with Crippen LogP contribution in [0.2, 0.25) is 0 Å². The number of carbonyl (C=O) groups excluding carboxylic acids is 8. The molecule has 7 saturated heterocycles. The first kappa shape index (κ1) is 69.0. The first-order valence-electron chi connectivity index (χ1n) is 22.4. The number of halogens is 3. The number of hydrogen-bond donors (Lipinski definition) is 0. The van der Waals surface area contributed by atoms with E-state index in [0.29, 0.717) is 50.8 Å². The molecule has 0 radical (unpaired) electrons. The Morgan fingerprint density at radius 1 is 0.714 bits per heavy atom. The third-order valence-corrected chi connectivity index (χ3v) is 8.22. The minimum Gasteiger partial charge on any atom is -0.461 e. The van der Waals surface area contributed by atoms with Crippen molar-refractivity contribution in [3.63, 3.8) is 0 Å². The Kier molecular flexibility index (Phi) is 34.5. The molecule has 10 rings (SSSR count). The number of alkyl halides is 3. The van der Waals surface area contributed by atoms with Gasteiger partial charge in [-0.05, 0) is 39.3 Å². The topological polar surface area (TPSA) is 328 Å². The first-order chi connectivity index (χ1) is 35.9. The summed E-state index contributed by atoms with van der Waals surface area (Å²) < 4.78 is 116. The van der Waals surface area contributed by atoms with Crippen LogP contribution in [0.3, 0.4) is 0 Å². The molecule has 0 N–H and O–H groups in total. The van der Waals surface area contributed by atoms with Crippen LogP contribution in [0.15, 0.2) is 76.0 Å². The van der Waals surface area contributed by atoms with Gasteiger partial charge in [-0.2, -0.15) is 8.78 Å². The Balaban J connectivity index is 0.000000833. The van der Waals surface area contributed by atoms with Gasteiger partial charge in [0.2, 0.25) is 0 Å². The van der Waals surface area contributed by atoms with Crippen LogP contribution in [0.4, 0.5) is 41.9 Å². The Morgan fingerprint density at radius 3 is 1.60 bits per heavy atom. The summed E-state index contributed by atoms with van der Waals surface area (Å²) in [6.07, 6.45) is 5.53. The second-order valence-electron chi connectivity index (χ2n) is 14.9. The molecule has 9 aliphatic heterocycles. The van der Waals surface area contributed by atoms with E-state index in [2.05, 4.69) is 94.9 Å². The van der Waals surface area contributed by atoms with Gasteiger partial charge in [-0.1, -0.05) is 52.3 Å². The molecule has 0 aliphatic carbocycles. The second kappa shape index (κ2) is 38.5. The van der Waals surface area contributed by atoms with Crippen molar-refractivity contribution in [2.24, 2.45) is 0 Å². The van der Waals surface area contributed by atoms with Crippen molar-refractivity contribution >= 4 is 54.9 Å². The van der Waals surface area contributed by atoms with Crippen LogP contribution >= 0.6 is 0 Å². The van der Waals surface area contributed by atoms with Crippen LogP contribution < -0.4 is 5.82 Å². The Bertz CT molecular complexity index is 2090. The first-order valence-corrected chi connectivity index (χ1v) is 22.4. The highest BCUT2D eigenvalue weighted by molar-refractivity contribution is 5.74. The quantitative estimate of drug-likeness (QED) is 0.157. The maximum absolute atomic E-state index is 12.3. The fourth-order valence-corrected chi connectivity index (χ4v) is 4.46. The summed E-state index contributed by atoms with van der Waals surface area (Å²) in [5.74, 6) is -2.14. The van der Waals surface area contributed by atoms with Crippen LogP contribution in [-0.2, 0) is 85.4 Å². The molecule has 0 saturated carbocycles. The average molecular weight is 1120 g/mol. The van der Waals surface area contributed by atoms with Gasteiger partial charge in [-0.25, -0.2) is 38.0 Å². The Labute approximate surface area is 438 Å². The molecule has 77 heavy (non-hydrogen) atoms.